The summed E-state index contributed by atoms with van der Waals surface area (Å²) in [5.74, 6) is 1.28. The van der Waals surface area contributed by atoms with Gasteiger partial charge < -0.3 is 0 Å². The Kier molecular flexibility index (Phi) is 87.0. The van der Waals surface area contributed by atoms with Crippen LogP contribution in [-0.4, -0.2) is 18.7 Å². The zero-order valence-electron chi connectivity index (χ0n) is 9.51. The second kappa shape index (κ2) is 43.1. The Bertz CT molecular complexity index is 103. The van der Waals surface area contributed by atoms with E-state index < -0.39 is 8.53 Å². The van der Waals surface area contributed by atoms with E-state index in [1.54, 1.807) is 0 Å². The number of rotatable bonds is 9. The quantitative estimate of drug-likeness (QED) is 0.306. The molecule has 0 bridgehead atoms. The molecular formula is C16H47PS. The summed E-state index contributed by atoms with van der Waals surface area (Å²) in [7, 11) is -0.394. The van der Waals surface area contributed by atoms with Crippen molar-refractivity contribution in [1.82, 2.24) is 0 Å². The molecule has 0 aromatic rings. The van der Waals surface area contributed by atoms with Crippen LogP contribution in [0.1, 0.15) is 90.5 Å². The molecule has 0 spiro atoms. The number of hydrogen-bond donors (Lipinski definition) is 0. The molecule has 0 nitrogen and oxygen atoms in total. The summed E-state index contributed by atoms with van der Waals surface area (Å²) >= 11 is 1.99. The van der Waals surface area contributed by atoms with Crippen molar-refractivity contribution in [2.45, 2.75) is 90.5 Å². The van der Waals surface area contributed by atoms with Crippen molar-refractivity contribution in [3.05, 3.63) is 0 Å². The van der Waals surface area contributed by atoms with Gasteiger partial charge in [-0.05, 0) is 24.8 Å². The topological polar surface area (TPSA) is 0 Å². The van der Waals surface area contributed by atoms with E-state index in [2.05, 4.69) is 13.8 Å². The molecule has 0 N–H and O–H groups in total. The van der Waals surface area contributed by atoms with Gasteiger partial charge in [-0.15, -0.1) is 8.53 Å². The molecule has 0 amide bonds. The highest BCUT2D eigenvalue weighted by atomic mass is 32.2. The third-order valence-electron chi connectivity index (χ3n) is 1.74. The normalized spacial score (nSPS) is 9.56. The Morgan fingerprint density at radius 1 is 0.833 bits per heavy atom. The average molecular weight is 304 g/mol. The van der Waals surface area contributed by atoms with Crippen molar-refractivity contribution in [3.63, 3.8) is 0 Å². The summed E-state index contributed by atoms with van der Waals surface area (Å²) < 4.78 is 7.80. The molecule has 1 atom stereocenters. The molecule has 1 unspecified atom stereocenters. The van der Waals surface area contributed by atoms with Crippen LogP contribution < -0.4 is 0 Å². The summed E-state index contributed by atoms with van der Waals surface area (Å²) in [5.41, 5.74) is 1.11. The van der Waals surface area contributed by atoms with Crippen LogP contribution in [0.2, 0.25) is 0 Å². The van der Waals surface area contributed by atoms with Crippen molar-refractivity contribution < 1.29 is 0 Å². The van der Waals surface area contributed by atoms with Crippen LogP contribution in [-0.2, 0) is 0 Å². The third-order valence-corrected chi connectivity index (χ3v) is 4.41. The molecule has 122 valence electrons. The second-order valence-corrected chi connectivity index (χ2v) is 5.79. The molecule has 0 fully saturated rings. The zero-order valence-corrected chi connectivity index (χ0v) is 10.2. The maximum atomic E-state index is 7.80. The highest BCUT2D eigenvalue weighted by molar-refractivity contribution is 8.03. The SMILES string of the molecule is C.C.C.C.C.C.[2H]P(CCCC)CSCCCCC. The van der Waals surface area contributed by atoms with E-state index in [1.165, 1.54) is 37.9 Å². The molecule has 0 rings (SSSR count). The standard InChI is InChI=1S/C10H23PS.6CH4/c1-3-5-7-9-12-10-11-8-6-4-2;;;;;;/h11H,3-10H2,1-2H3;6*1H4/i11D;;;;;;. The lowest BCUT2D eigenvalue weighted by molar-refractivity contribution is 0.779. The van der Waals surface area contributed by atoms with Gasteiger partial charge in [0.15, 0.2) is 0 Å². The van der Waals surface area contributed by atoms with Gasteiger partial charge in [0.2, 0.25) is 0 Å². The fourth-order valence-corrected chi connectivity index (χ4v) is 3.41. The van der Waals surface area contributed by atoms with Crippen LogP contribution in [0.15, 0.2) is 0 Å². The van der Waals surface area contributed by atoms with Crippen molar-refractivity contribution >= 4 is 20.3 Å². The van der Waals surface area contributed by atoms with Crippen LogP contribution in [0.4, 0.5) is 0 Å². The lowest BCUT2D eigenvalue weighted by Crippen LogP contribution is -1.81. The molecule has 0 aliphatic rings. The summed E-state index contributed by atoms with van der Waals surface area (Å²) in [5, 5.41) is 0. The molecule has 0 aromatic heterocycles. The lowest BCUT2D eigenvalue weighted by atomic mass is 10.3. The monoisotopic (exact) mass is 303 g/mol. The fourth-order valence-electron chi connectivity index (χ4n) is 0.918. The average Bonchev–Trinajstić information content (AvgIpc) is 2.14. The van der Waals surface area contributed by atoms with E-state index in [0.717, 1.165) is 11.7 Å². The number of hydrogen-bond acceptors (Lipinski definition) is 1. The van der Waals surface area contributed by atoms with Crippen molar-refractivity contribution in [3.8, 4) is 0 Å². The summed E-state index contributed by atoms with van der Waals surface area (Å²) in [4.78, 5) is 0. The summed E-state index contributed by atoms with van der Waals surface area (Å²) in [6.07, 6.45) is 7.68. The lowest BCUT2D eigenvalue weighted by Gasteiger charge is -2.00. The van der Waals surface area contributed by atoms with Gasteiger partial charge in [0, 0.05) is 5.49 Å². The van der Waals surface area contributed by atoms with Crippen molar-refractivity contribution in [1.29, 1.82) is 1.28 Å². The van der Waals surface area contributed by atoms with Crippen LogP contribution in [0.3, 0.4) is 0 Å². The molecule has 0 heterocycles. The molecule has 0 saturated heterocycles. The minimum atomic E-state index is -0.394. The van der Waals surface area contributed by atoms with E-state index in [1.807, 2.05) is 11.8 Å². The predicted molar refractivity (Wildman–Crippen MR) is 105 cm³/mol. The molecule has 0 aromatic carbocycles. The Morgan fingerprint density at radius 2 is 1.33 bits per heavy atom. The molecule has 0 radical (unpaired) electrons. The molecule has 18 heavy (non-hydrogen) atoms. The molecule has 0 aliphatic carbocycles. The van der Waals surface area contributed by atoms with Crippen LogP contribution >= 0.6 is 20.3 Å². The molecule has 0 aliphatic heterocycles. The summed E-state index contributed by atoms with van der Waals surface area (Å²) in [6, 6.07) is 0. The largest absolute Gasteiger partial charge is 0.158 e. The van der Waals surface area contributed by atoms with Crippen LogP contribution in [0.5, 0.6) is 0 Å². The van der Waals surface area contributed by atoms with Gasteiger partial charge in [-0.25, -0.2) is 0 Å². The number of thioether (sulfide) groups is 1. The maximum Gasteiger partial charge on any atom is 0.0588 e. The predicted octanol–water partition coefficient (Wildman–Crippen LogP) is 8.16. The number of unbranched alkanes of at least 4 members (excludes halogenated alkanes) is 3. The maximum absolute atomic E-state index is 7.80. The van der Waals surface area contributed by atoms with Gasteiger partial charge in [0.25, 0.3) is 0 Å². The van der Waals surface area contributed by atoms with E-state index in [4.69, 9.17) is 1.28 Å². The summed E-state index contributed by atoms with van der Waals surface area (Å²) in [6.45, 7) is 4.45. The Labute approximate surface area is 130 Å². The van der Waals surface area contributed by atoms with E-state index in [-0.39, 0.29) is 44.6 Å². The van der Waals surface area contributed by atoms with Crippen molar-refractivity contribution in [2.75, 3.05) is 17.4 Å². The highest BCUT2D eigenvalue weighted by Gasteiger charge is 1.89. The minimum absolute atomic E-state index is 0. The molecular weight excluding hydrogens is 255 g/mol. The fraction of sp³-hybridized carbons (Fsp3) is 1.00. The van der Waals surface area contributed by atoms with Crippen LogP contribution in [0.25, 0.3) is 0 Å². The highest BCUT2D eigenvalue weighted by Crippen LogP contribution is 2.20. The minimum Gasteiger partial charge on any atom is -0.158 e. The Morgan fingerprint density at radius 3 is 1.78 bits per heavy atom. The van der Waals surface area contributed by atoms with Gasteiger partial charge in [-0.2, -0.15) is 11.8 Å². The second-order valence-electron chi connectivity index (χ2n) is 3.05. The Balaban J connectivity index is -0.0000000480. The van der Waals surface area contributed by atoms with Crippen LogP contribution in [0, 0.1) is 0 Å². The van der Waals surface area contributed by atoms with Gasteiger partial charge in [-0.1, -0.05) is 77.7 Å². The molecule has 2 heteroatoms. The van der Waals surface area contributed by atoms with Gasteiger partial charge in [-0.3, -0.25) is 0 Å². The van der Waals surface area contributed by atoms with E-state index in [9.17, 15) is 0 Å². The first-order valence-electron chi connectivity index (χ1n) is 5.57. The smallest absolute Gasteiger partial charge is 0.0588 e. The Hall–Kier alpha value is 0.780. The van der Waals surface area contributed by atoms with Gasteiger partial charge in [0.1, 0.15) is 0 Å². The first kappa shape index (κ1) is 36.3. The zero-order chi connectivity index (χ0) is 9.94. The molecule has 0 saturated carbocycles. The van der Waals surface area contributed by atoms with Crippen molar-refractivity contribution in [2.24, 2.45) is 0 Å². The first-order valence-corrected chi connectivity index (χ1v) is 7.54. The van der Waals surface area contributed by atoms with E-state index in [0.29, 0.717) is 0 Å². The van der Waals surface area contributed by atoms with E-state index >= 15 is 0 Å². The first-order chi connectivity index (χ1) is 6.31. The van der Waals surface area contributed by atoms with Gasteiger partial charge in [0.05, 0.1) is 1.28 Å². The van der Waals surface area contributed by atoms with Gasteiger partial charge >= 0.3 is 0 Å². The third kappa shape index (κ3) is 43.7.